The Morgan fingerprint density at radius 2 is 1.42 bits per heavy atom. The Kier molecular flexibility index (Phi) is 3.38. The quantitative estimate of drug-likeness (QED) is 0.555. The van der Waals surface area contributed by atoms with Gasteiger partial charge >= 0.3 is 0 Å². The summed E-state index contributed by atoms with van der Waals surface area (Å²) in [6, 6.07) is 4.12. The molecule has 24 heavy (non-hydrogen) atoms. The third-order valence-electron chi connectivity index (χ3n) is 3.89. The van der Waals surface area contributed by atoms with Crippen molar-refractivity contribution < 1.29 is 34.8 Å². The van der Waals surface area contributed by atoms with E-state index in [1.54, 1.807) is 0 Å². The Labute approximate surface area is 135 Å². The molecule has 0 fully saturated rings. The van der Waals surface area contributed by atoms with Gasteiger partial charge in [0.05, 0.1) is 11.1 Å². The standard InChI is InChI=1S/C17H12O7/c1-6(18)15(22)7-2-9-13(11(20)3-7)17(24)14-10(16(9)23)4-8(19)5-12(14)21/h2-5,15,19-22H,1H3/t15-/m0/s1. The number of aliphatic hydroxyl groups excluding tert-OH is 1. The summed E-state index contributed by atoms with van der Waals surface area (Å²) in [5.41, 5.74) is -1.12. The number of phenolic OH excluding ortho intramolecular Hbond substituents is 3. The van der Waals surface area contributed by atoms with Crippen LogP contribution in [0.15, 0.2) is 24.3 Å². The number of carbonyl (C=O) groups is 3. The molecule has 0 saturated heterocycles. The first-order valence-corrected chi connectivity index (χ1v) is 6.93. The summed E-state index contributed by atoms with van der Waals surface area (Å²) in [6.07, 6.45) is -1.55. The van der Waals surface area contributed by atoms with Crippen LogP contribution in [0.2, 0.25) is 0 Å². The molecule has 122 valence electrons. The van der Waals surface area contributed by atoms with Gasteiger partial charge in [0.1, 0.15) is 23.4 Å². The molecule has 0 heterocycles. The minimum Gasteiger partial charge on any atom is -0.508 e. The highest BCUT2D eigenvalue weighted by molar-refractivity contribution is 6.30. The Morgan fingerprint density at radius 1 is 0.875 bits per heavy atom. The Hall–Kier alpha value is -3.19. The average Bonchev–Trinajstić information content (AvgIpc) is 2.50. The van der Waals surface area contributed by atoms with E-state index >= 15 is 0 Å². The summed E-state index contributed by atoms with van der Waals surface area (Å²) in [5.74, 6) is -3.68. The summed E-state index contributed by atoms with van der Waals surface area (Å²) in [4.78, 5) is 36.4. The molecular formula is C17H12O7. The van der Waals surface area contributed by atoms with Crippen LogP contribution in [0.4, 0.5) is 0 Å². The van der Waals surface area contributed by atoms with Crippen molar-refractivity contribution in [2.45, 2.75) is 13.0 Å². The molecule has 0 saturated carbocycles. The maximum atomic E-state index is 12.6. The average molecular weight is 328 g/mol. The van der Waals surface area contributed by atoms with Crippen molar-refractivity contribution in [3.05, 3.63) is 52.1 Å². The van der Waals surface area contributed by atoms with E-state index in [1.807, 2.05) is 0 Å². The lowest BCUT2D eigenvalue weighted by molar-refractivity contribution is -0.125. The molecule has 0 unspecified atom stereocenters. The second-order valence-corrected chi connectivity index (χ2v) is 5.52. The van der Waals surface area contributed by atoms with Gasteiger partial charge in [-0.1, -0.05) is 0 Å². The first-order valence-electron chi connectivity index (χ1n) is 6.93. The SMILES string of the molecule is CC(=O)[C@H](O)c1cc(O)c2c(c1)C(=O)c1cc(O)cc(O)c1C2=O. The normalized spacial score (nSPS) is 14.1. The molecule has 2 aromatic carbocycles. The largest absolute Gasteiger partial charge is 0.508 e. The van der Waals surface area contributed by atoms with Crippen LogP contribution in [-0.4, -0.2) is 37.8 Å². The predicted molar refractivity (Wildman–Crippen MR) is 80.4 cm³/mol. The minimum atomic E-state index is -1.55. The number of hydrogen-bond acceptors (Lipinski definition) is 7. The minimum absolute atomic E-state index is 0.0345. The third kappa shape index (κ3) is 2.14. The Bertz CT molecular complexity index is 927. The third-order valence-corrected chi connectivity index (χ3v) is 3.89. The van der Waals surface area contributed by atoms with Gasteiger partial charge in [0.25, 0.3) is 0 Å². The van der Waals surface area contributed by atoms with Crippen LogP contribution in [0.5, 0.6) is 17.2 Å². The van der Waals surface area contributed by atoms with Crippen molar-refractivity contribution in [3.8, 4) is 17.2 Å². The molecule has 0 aromatic heterocycles. The van der Waals surface area contributed by atoms with Crippen molar-refractivity contribution >= 4 is 17.3 Å². The van der Waals surface area contributed by atoms with Crippen LogP contribution in [0.25, 0.3) is 0 Å². The molecule has 0 radical (unpaired) electrons. The molecule has 0 amide bonds. The summed E-state index contributed by atoms with van der Waals surface area (Å²) < 4.78 is 0. The molecule has 0 bridgehead atoms. The Morgan fingerprint density at radius 3 is 2.00 bits per heavy atom. The highest BCUT2D eigenvalue weighted by Crippen LogP contribution is 2.39. The van der Waals surface area contributed by atoms with Crippen LogP contribution in [-0.2, 0) is 4.79 Å². The van der Waals surface area contributed by atoms with Gasteiger partial charge < -0.3 is 20.4 Å². The number of phenols is 3. The summed E-state index contributed by atoms with van der Waals surface area (Å²) >= 11 is 0. The molecule has 1 aliphatic carbocycles. The summed E-state index contributed by atoms with van der Waals surface area (Å²) in [7, 11) is 0. The second-order valence-electron chi connectivity index (χ2n) is 5.52. The van der Waals surface area contributed by atoms with E-state index in [0.29, 0.717) is 0 Å². The van der Waals surface area contributed by atoms with Gasteiger partial charge in [0, 0.05) is 17.2 Å². The topological polar surface area (TPSA) is 132 Å². The maximum absolute atomic E-state index is 12.6. The predicted octanol–water partition coefficient (Wildman–Crippen LogP) is 1.20. The number of fused-ring (bicyclic) bond motifs is 2. The molecule has 1 atom stereocenters. The van der Waals surface area contributed by atoms with E-state index in [4.69, 9.17) is 0 Å². The summed E-state index contributed by atoms with van der Waals surface area (Å²) in [5, 5.41) is 39.3. The zero-order valence-electron chi connectivity index (χ0n) is 12.4. The number of aliphatic hydroxyl groups is 1. The van der Waals surface area contributed by atoms with E-state index in [0.717, 1.165) is 31.2 Å². The van der Waals surface area contributed by atoms with Crippen molar-refractivity contribution in [2.24, 2.45) is 0 Å². The lowest BCUT2D eigenvalue weighted by Gasteiger charge is -2.21. The van der Waals surface area contributed by atoms with Crippen molar-refractivity contribution in [1.82, 2.24) is 0 Å². The molecule has 3 rings (SSSR count). The zero-order chi connectivity index (χ0) is 17.8. The molecule has 7 nitrogen and oxygen atoms in total. The van der Waals surface area contributed by atoms with Crippen LogP contribution in [0, 0.1) is 0 Å². The number of Topliss-reactive ketones (excluding diaryl/α,β-unsaturated/α-hetero) is 1. The van der Waals surface area contributed by atoms with Gasteiger partial charge in [-0.25, -0.2) is 0 Å². The highest BCUT2D eigenvalue weighted by atomic mass is 16.3. The van der Waals surface area contributed by atoms with Crippen molar-refractivity contribution in [2.75, 3.05) is 0 Å². The summed E-state index contributed by atoms with van der Waals surface area (Å²) in [6.45, 7) is 1.14. The number of rotatable bonds is 2. The lowest BCUT2D eigenvalue weighted by Crippen LogP contribution is -2.22. The van der Waals surface area contributed by atoms with E-state index < -0.39 is 40.7 Å². The molecule has 2 aromatic rings. The number of benzene rings is 2. The smallest absolute Gasteiger partial charge is 0.201 e. The highest BCUT2D eigenvalue weighted by Gasteiger charge is 2.35. The van der Waals surface area contributed by atoms with E-state index in [-0.39, 0.29) is 27.8 Å². The van der Waals surface area contributed by atoms with Gasteiger partial charge in [0.15, 0.2) is 11.6 Å². The molecular weight excluding hydrogens is 316 g/mol. The molecule has 0 aliphatic heterocycles. The van der Waals surface area contributed by atoms with E-state index in [2.05, 4.69) is 0 Å². The molecule has 1 aliphatic rings. The maximum Gasteiger partial charge on any atom is 0.201 e. The van der Waals surface area contributed by atoms with Gasteiger partial charge in [-0.3, -0.25) is 14.4 Å². The zero-order valence-corrected chi connectivity index (χ0v) is 12.4. The lowest BCUT2D eigenvalue weighted by atomic mass is 9.81. The van der Waals surface area contributed by atoms with Crippen molar-refractivity contribution in [1.29, 1.82) is 0 Å². The van der Waals surface area contributed by atoms with E-state index in [9.17, 15) is 34.8 Å². The fourth-order valence-corrected chi connectivity index (χ4v) is 2.76. The van der Waals surface area contributed by atoms with Crippen molar-refractivity contribution in [3.63, 3.8) is 0 Å². The molecule has 0 spiro atoms. The Balaban J connectivity index is 2.29. The van der Waals surface area contributed by atoms with Gasteiger partial charge in [-0.15, -0.1) is 0 Å². The number of ketones is 3. The molecule has 7 heteroatoms. The second kappa shape index (κ2) is 5.17. The van der Waals surface area contributed by atoms with Gasteiger partial charge in [0.2, 0.25) is 5.78 Å². The van der Waals surface area contributed by atoms with Crippen LogP contribution >= 0.6 is 0 Å². The molecule has 4 N–H and O–H groups in total. The van der Waals surface area contributed by atoms with Gasteiger partial charge in [-0.05, 0) is 30.7 Å². The number of aromatic hydroxyl groups is 3. The van der Waals surface area contributed by atoms with Crippen LogP contribution in [0.1, 0.15) is 50.4 Å². The fraction of sp³-hybridized carbons (Fsp3) is 0.118. The van der Waals surface area contributed by atoms with Gasteiger partial charge in [-0.2, -0.15) is 0 Å². The monoisotopic (exact) mass is 328 g/mol. The first kappa shape index (κ1) is 15.7. The van der Waals surface area contributed by atoms with Crippen LogP contribution < -0.4 is 0 Å². The fourth-order valence-electron chi connectivity index (χ4n) is 2.76. The number of hydrogen-bond donors (Lipinski definition) is 4. The number of carbonyl (C=O) groups excluding carboxylic acids is 3. The first-order chi connectivity index (χ1) is 11.2. The van der Waals surface area contributed by atoms with E-state index in [1.165, 1.54) is 0 Å². The van der Waals surface area contributed by atoms with Crippen LogP contribution in [0.3, 0.4) is 0 Å².